The highest BCUT2D eigenvalue weighted by atomic mass is 79.9. The van der Waals surface area contributed by atoms with Gasteiger partial charge in [0.1, 0.15) is 11.3 Å². The molecule has 1 amide bonds. The molecular weight excluding hydrogens is 436 g/mol. The monoisotopic (exact) mass is 450 g/mol. The van der Waals surface area contributed by atoms with Crippen LogP contribution in [0, 0.1) is 13.8 Å². The van der Waals surface area contributed by atoms with E-state index in [2.05, 4.69) is 21.1 Å². The lowest BCUT2D eigenvalue weighted by molar-refractivity contribution is 0.0969. The molecule has 144 valence electrons. The van der Waals surface area contributed by atoms with Crippen molar-refractivity contribution in [1.82, 2.24) is 5.16 Å². The van der Waals surface area contributed by atoms with Crippen molar-refractivity contribution >= 4 is 38.6 Å². The van der Waals surface area contributed by atoms with Gasteiger partial charge >= 0.3 is 0 Å². The van der Waals surface area contributed by atoms with Crippen LogP contribution in [-0.4, -0.2) is 11.1 Å². The maximum atomic E-state index is 13.4. The number of fused-ring (bicyclic) bond motifs is 2. The Morgan fingerprint density at radius 1 is 1.03 bits per heavy atom. The summed E-state index contributed by atoms with van der Waals surface area (Å²) < 4.78 is 11.9. The summed E-state index contributed by atoms with van der Waals surface area (Å²) >= 11 is 3.40. The summed E-state index contributed by atoms with van der Waals surface area (Å²) in [6, 6.07) is 13.9. The Hall–Kier alpha value is -3.19. The average molecular weight is 451 g/mol. The molecule has 0 unspecified atom stereocenters. The molecule has 0 bridgehead atoms. The standard InChI is InChI=1S/C22H15BrN2O4/c1-11-3-5-13(6-4-11)19-18-20(26)15-10-14(23)7-8-16(15)28-21(18)22(27)25(19)17-9-12(2)29-24-17/h3-10,19H,1-2H3/t19-/m1/s1. The lowest BCUT2D eigenvalue weighted by Crippen LogP contribution is -2.29. The number of benzene rings is 2. The second kappa shape index (κ2) is 6.42. The van der Waals surface area contributed by atoms with Crippen LogP contribution in [0.5, 0.6) is 0 Å². The van der Waals surface area contributed by atoms with E-state index in [1.165, 1.54) is 4.90 Å². The Kier molecular flexibility index (Phi) is 3.96. The molecule has 6 nitrogen and oxygen atoms in total. The van der Waals surface area contributed by atoms with Crippen molar-refractivity contribution in [3.05, 3.63) is 91.4 Å². The van der Waals surface area contributed by atoms with Gasteiger partial charge in [0.25, 0.3) is 5.91 Å². The first-order valence-electron chi connectivity index (χ1n) is 9.04. The molecule has 1 atom stereocenters. The fraction of sp³-hybridized carbons (Fsp3) is 0.136. The van der Waals surface area contributed by atoms with E-state index >= 15 is 0 Å². The molecule has 1 aliphatic heterocycles. The predicted molar refractivity (Wildman–Crippen MR) is 111 cm³/mol. The number of amides is 1. The first-order valence-corrected chi connectivity index (χ1v) is 9.83. The Bertz CT molecular complexity index is 1340. The van der Waals surface area contributed by atoms with Gasteiger partial charge in [0.15, 0.2) is 11.2 Å². The highest BCUT2D eigenvalue weighted by Crippen LogP contribution is 2.41. The van der Waals surface area contributed by atoms with Crippen LogP contribution in [0.4, 0.5) is 5.82 Å². The summed E-state index contributed by atoms with van der Waals surface area (Å²) in [6.07, 6.45) is 0. The maximum absolute atomic E-state index is 13.4. The highest BCUT2D eigenvalue weighted by Gasteiger charge is 2.44. The summed E-state index contributed by atoms with van der Waals surface area (Å²) in [6.45, 7) is 3.73. The average Bonchev–Trinajstić information content (AvgIpc) is 3.25. The van der Waals surface area contributed by atoms with Crippen molar-refractivity contribution in [3.8, 4) is 0 Å². The zero-order valence-corrected chi connectivity index (χ0v) is 17.2. The Morgan fingerprint density at radius 2 is 1.79 bits per heavy atom. The van der Waals surface area contributed by atoms with Gasteiger partial charge in [-0.3, -0.25) is 14.5 Å². The second-order valence-electron chi connectivity index (χ2n) is 7.10. The third-order valence-electron chi connectivity index (χ3n) is 5.09. The van der Waals surface area contributed by atoms with Crippen LogP contribution in [0.2, 0.25) is 0 Å². The predicted octanol–water partition coefficient (Wildman–Crippen LogP) is 4.91. The molecule has 5 rings (SSSR count). The number of carbonyl (C=O) groups excluding carboxylic acids is 1. The van der Waals surface area contributed by atoms with Crippen molar-refractivity contribution in [1.29, 1.82) is 0 Å². The van der Waals surface area contributed by atoms with Gasteiger partial charge in [-0.2, -0.15) is 0 Å². The van der Waals surface area contributed by atoms with Crippen LogP contribution < -0.4 is 10.3 Å². The summed E-state index contributed by atoms with van der Waals surface area (Å²) in [7, 11) is 0. The molecule has 0 saturated carbocycles. The number of carbonyl (C=O) groups is 1. The van der Waals surface area contributed by atoms with Crippen LogP contribution in [0.3, 0.4) is 0 Å². The molecular formula is C22H15BrN2O4. The number of halogens is 1. The van der Waals surface area contributed by atoms with Crippen LogP contribution >= 0.6 is 15.9 Å². The van der Waals surface area contributed by atoms with Crippen molar-refractivity contribution in [2.24, 2.45) is 0 Å². The van der Waals surface area contributed by atoms with E-state index < -0.39 is 11.9 Å². The molecule has 1 aliphatic rings. The second-order valence-corrected chi connectivity index (χ2v) is 8.01. The molecule has 29 heavy (non-hydrogen) atoms. The van der Waals surface area contributed by atoms with E-state index in [0.717, 1.165) is 15.6 Å². The third kappa shape index (κ3) is 2.73. The number of rotatable bonds is 2. The van der Waals surface area contributed by atoms with Gasteiger partial charge < -0.3 is 8.94 Å². The number of hydrogen-bond donors (Lipinski definition) is 0. The molecule has 7 heteroatoms. The number of anilines is 1. The quantitative estimate of drug-likeness (QED) is 0.433. The smallest absolute Gasteiger partial charge is 0.296 e. The molecule has 0 spiro atoms. The van der Waals surface area contributed by atoms with Gasteiger partial charge in [0.05, 0.1) is 17.0 Å². The lowest BCUT2D eigenvalue weighted by Gasteiger charge is -2.22. The normalized spacial score (nSPS) is 15.9. The molecule has 2 aromatic heterocycles. The molecule has 3 heterocycles. The van der Waals surface area contributed by atoms with E-state index in [9.17, 15) is 9.59 Å². The first-order chi connectivity index (χ1) is 13.9. The minimum Gasteiger partial charge on any atom is -0.450 e. The maximum Gasteiger partial charge on any atom is 0.296 e. The molecule has 4 aromatic rings. The lowest BCUT2D eigenvalue weighted by atomic mass is 9.98. The highest BCUT2D eigenvalue weighted by molar-refractivity contribution is 9.10. The molecule has 0 saturated heterocycles. The topological polar surface area (TPSA) is 76.6 Å². The third-order valence-corrected chi connectivity index (χ3v) is 5.58. The minimum atomic E-state index is -0.651. The number of hydrogen-bond acceptors (Lipinski definition) is 5. The SMILES string of the molecule is Cc1ccc([C@@H]2c3c(oc4ccc(Br)cc4c3=O)C(=O)N2c2cc(C)on2)cc1. The number of aromatic nitrogens is 1. The number of nitrogens with zero attached hydrogens (tertiary/aromatic N) is 2. The van der Waals surface area contributed by atoms with Gasteiger partial charge in [-0.1, -0.05) is 50.9 Å². The van der Waals surface area contributed by atoms with Crippen LogP contribution in [-0.2, 0) is 0 Å². The Labute approximate surface area is 173 Å². The van der Waals surface area contributed by atoms with E-state index in [1.54, 1.807) is 31.2 Å². The van der Waals surface area contributed by atoms with E-state index in [0.29, 0.717) is 28.1 Å². The first kappa shape index (κ1) is 17.9. The van der Waals surface area contributed by atoms with Crippen molar-refractivity contribution in [2.75, 3.05) is 4.90 Å². The van der Waals surface area contributed by atoms with Gasteiger partial charge in [0.2, 0.25) is 5.76 Å². The Morgan fingerprint density at radius 3 is 2.48 bits per heavy atom. The fourth-order valence-electron chi connectivity index (χ4n) is 3.71. The molecule has 2 aromatic carbocycles. The van der Waals surface area contributed by atoms with Crippen molar-refractivity contribution < 1.29 is 13.7 Å². The van der Waals surface area contributed by atoms with Crippen LogP contribution in [0.1, 0.15) is 39.0 Å². The van der Waals surface area contributed by atoms with Crippen LogP contribution in [0.15, 0.2) is 66.7 Å². The van der Waals surface area contributed by atoms with E-state index in [-0.39, 0.29) is 11.2 Å². The van der Waals surface area contributed by atoms with E-state index in [1.807, 2.05) is 31.2 Å². The zero-order chi connectivity index (χ0) is 20.3. The van der Waals surface area contributed by atoms with Crippen LogP contribution in [0.25, 0.3) is 11.0 Å². The van der Waals surface area contributed by atoms with Crippen molar-refractivity contribution in [3.63, 3.8) is 0 Å². The zero-order valence-electron chi connectivity index (χ0n) is 15.6. The summed E-state index contributed by atoms with van der Waals surface area (Å²) in [5.74, 6) is 0.533. The summed E-state index contributed by atoms with van der Waals surface area (Å²) in [5.41, 5.74) is 2.32. The van der Waals surface area contributed by atoms with Gasteiger partial charge in [-0.05, 0) is 37.6 Å². The van der Waals surface area contributed by atoms with Gasteiger partial charge in [0, 0.05) is 10.5 Å². The van der Waals surface area contributed by atoms with Gasteiger partial charge in [-0.15, -0.1) is 0 Å². The molecule has 0 N–H and O–H groups in total. The fourth-order valence-corrected chi connectivity index (χ4v) is 4.07. The van der Waals surface area contributed by atoms with Gasteiger partial charge in [-0.25, -0.2) is 0 Å². The summed E-state index contributed by atoms with van der Waals surface area (Å²) in [5, 5.41) is 4.43. The molecule has 0 aliphatic carbocycles. The van der Waals surface area contributed by atoms with Crippen molar-refractivity contribution in [2.45, 2.75) is 19.9 Å². The summed E-state index contributed by atoms with van der Waals surface area (Å²) in [4.78, 5) is 28.2. The van der Waals surface area contributed by atoms with E-state index in [4.69, 9.17) is 8.94 Å². The number of aryl methyl sites for hydroxylation is 2. The Balaban J connectivity index is 1.83. The molecule has 0 fully saturated rings. The molecule has 0 radical (unpaired) electrons. The largest absolute Gasteiger partial charge is 0.450 e. The minimum absolute atomic E-state index is 0.0380.